The second kappa shape index (κ2) is 5.02. The summed E-state index contributed by atoms with van der Waals surface area (Å²) in [6.45, 7) is 7.30. The van der Waals surface area contributed by atoms with Crippen molar-refractivity contribution < 1.29 is 14.2 Å². The highest BCUT2D eigenvalue weighted by Gasteiger charge is 2.32. The first-order valence-electron chi connectivity index (χ1n) is 6.90. The fraction of sp³-hybridized carbons (Fsp3) is 0.600. The van der Waals surface area contributed by atoms with Crippen molar-refractivity contribution >= 4 is 0 Å². The number of ether oxygens (including phenoxy) is 3. The number of hydrogen-bond acceptors (Lipinski definition) is 4. The monoisotopic (exact) mass is 263 g/mol. The number of nitrogens with one attached hydrogen (secondary N) is 1. The standard InChI is InChI=1S/C15H21NO3/c1-15(2)8-11-4-3-5-13(14(11)19-15)18-10-12-9-16-6-7-17-12/h3-5,12,16H,6-10H2,1-2H3. The molecule has 0 bridgehead atoms. The maximum Gasteiger partial charge on any atom is 0.165 e. The Hall–Kier alpha value is -1.26. The molecule has 4 nitrogen and oxygen atoms in total. The summed E-state index contributed by atoms with van der Waals surface area (Å²) in [5.41, 5.74) is 1.09. The lowest BCUT2D eigenvalue weighted by atomic mass is 10.0. The average Bonchev–Trinajstić information content (AvgIpc) is 2.72. The topological polar surface area (TPSA) is 39.7 Å². The van der Waals surface area contributed by atoms with E-state index < -0.39 is 0 Å². The molecule has 0 saturated carbocycles. The molecule has 0 aliphatic carbocycles. The molecule has 1 N–H and O–H groups in total. The summed E-state index contributed by atoms with van der Waals surface area (Å²) in [6, 6.07) is 6.10. The molecular weight excluding hydrogens is 242 g/mol. The van der Waals surface area contributed by atoms with Gasteiger partial charge in [0.05, 0.1) is 6.61 Å². The van der Waals surface area contributed by atoms with Crippen molar-refractivity contribution in [1.82, 2.24) is 5.32 Å². The van der Waals surface area contributed by atoms with Gasteiger partial charge in [-0.25, -0.2) is 0 Å². The van der Waals surface area contributed by atoms with Crippen LogP contribution in [0.25, 0.3) is 0 Å². The third-order valence-corrected chi connectivity index (χ3v) is 3.48. The van der Waals surface area contributed by atoms with Gasteiger partial charge in [0.25, 0.3) is 0 Å². The maximum absolute atomic E-state index is 5.98. The Bertz CT molecular complexity index is 453. The zero-order chi connectivity index (χ0) is 13.3. The molecule has 1 aromatic rings. The molecule has 0 aromatic heterocycles. The van der Waals surface area contributed by atoms with Crippen LogP contribution in [0, 0.1) is 0 Å². The van der Waals surface area contributed by atoms with Crippen molar-refractivity contribution in [2.45, 2.75) is 32.0 Å². The van der Waals surface area contributed by atoms with Crippen molar-refractivity contribution in [2.75, 3.05) is 26.3 Å². The third kappa shape index (κ3) is 2.85. The minimum Gasteiger partial charge on any atom is -0.487 e. The summed E-state index contributed by atoms with van der Waals surface area (Å²) in [5.74, 6) is 1.73. The van der Waals surface area contributed by atoms with E-state index in [1.54, 1.807) is 0 Å². The first kappa shape index (κ1) is 12.8. The number of morpholine rings is 1. The van der Waals surface area contributed by atoms with E-state index >= 15 is 0 Å². The van der Waals surface area contributed by atoms with E-state index in [1.807, 2.05) is 12.1 Å². The lowest BCUT2D eigenvalue weighted by molar-refractivity contribution is -0.000779. The summed E-state index contributed by atoms with van der Waals surface area (Å²) in [6.07, 6.45) is 1.06. The van der Waals surface area contributed by atoms with E-state index in [-0.39, 0.29) is 11.7 Å². The number of para-hydroxylation sites is 1. The van der Waals surface area contributed by atoms with E-state index in [9.17, 15) is 0 Å². The van der Waals surface area contributed by atoms with Crippen LogP contribution in [-0.4, -0.2) is 38.0 Å². The molecule has 1 atom stereocenters. The van der Waals surface area contributed by atoms with Crippen LogP contribution < -0.4 is 14.8 Å². The molecule has 1 unspecified atom stereocenters. The summed E-state index contributed by atoms with van der Waals surface area (Å²) in [7, 11) is 0. The normalized spacial score (nSPS) is 24.6. The third-order valence-electron chi connectivity index (χ3n) is 3.48. The highest BCUT2D eigenvalue weighted by atomic mass is 16.6. The number of benzene rings is 1. The molecule has 1 saturated heterocycles. The van der Waals surface area contributed by atoms with Gasteiger partial charge in [0.2, 0.25) is 0 Å². The van der Waals surface area contributed by atoms with E-state index in [2.05, 4.69) is 25.2 Å². The molecule has 0 radical (unpaired) electrons. The molecule has 0 spiro atoms. The summed E-state index contributed by atoms with van der Waals surface area (Å²) in [5, 5.41) is 3.30. The SMILES string of the molecule is CC1(C)Cc2cccc(OCC3CNCCO3)c2O1. The van der Waals surface area contributed by atoms with Crippen molar-refractivity contribution in [3.63, 3.8) is 0 Å². The quantitative estimate of drug-likeness (QED) is 0.902. The largest absolute Gasteiger partial charge is 0.487 e. The van der Waals surface area contributed by atoms with E-state index in [1.165, 1.54) is 5.56 Å². The van der Waals surface area contributed by atoms with E-state index in [0.29, 0.717) is 6.61 Å². The predicted molar refractivity (Wildman–Crippen MR) is 73.0 cm³/mol. The van der Waals surface area contributed by atoms with Gasteiger partial charge in [-0.15, -0.1) is 0 Å². The lowest BCUT2D eigenvalue weighted by Gasteiger charge is -2.24. The highest BCUT2D eigenvalue weighted by Crippen LogP contribution is 2.41. The average molecular weight is 263 g/mol. The van der Waals surface area contributed by atoms with Crippen LogP contribution in [0.4, 0.5) is 0 Å². The Morgan fingerprint density at radius 2 is 2.32 bits per heavy atom. The zero-order valence-corrected chi connectivity index (χ0v) is 11.6. The summed E-state index contributed by atoms with van der Waals surface area (Å²) in [4.78, 5) is 0. The molecule has 3 rings (SSSR count). The highest BCUT2D eigenvalue weighted by molar-refractivity contribution is 5.50. The van der Waals surface area contributed by atoms with Crippen LogP contribution in [0.15, 0.2) is 18.2 Å². The van der Waals surface area contributed by atoms with Crippen molar-refractivity contribution in [2.24, 2.45) is 0 Å². The molecule has 0 amide bonds. The Morgan fingerprint density at radius 1 is 1.42 bits per heavy atom. The Balaban J connectivity index is 1.67. The van der Waals surface area contributed by atoms with Gasteiger partial charge < -0.3 is 19.5 Å². The number of fused-ring (bicyclic) bond motifs is 1. The molecule has 1 fully saturated rings. The lowest BCUT2D eigenvalue weighted by Crippen LogP contribution is -2.41. The first-order chi connectivity index (χ1) is 9.14. The van der Waals surface area contributed by atoms with Gasteiger partial charge in [0, 0.05) is 25.1 Å². The summed E-state index contributed by atoms with van der Waals surface area (Å²) >= 11 is 0. The van der Waals surface area contributed by atoms with Gasteiger partial charge >= 0.3 is 0 Å². The minimum atomic E-state index is -0.134. The van der Waals surface area contributed by atoms with Gasteiger partial charge in [-0.3, -0.25) is 0 Å². The molecule has 19 heavy (non-hydrogen) atoms. The molecule has 2 aliphatic rings. The second-order valence-corrected chi connectivity index (χ2v) is 5.79. The van der Waals surface area contributed by atoms with Crippen molar-refractivity contribution in [3.05, 3.63) is 23.8 Å². The smallest absolute Gasteiger partial charge is 0.165 e. The summed E-state index contributed by atoms with van der Waals surface area (Å²) < 4.78 is 17.5. The van der Waals surface area contributed by atoms with Crippen LogP contribution in [0.3, 0.4) is 0 Å². The molecule has 2 aliphatic heterocycles. The van der Waals surface area contributed by atoms with Crippen LogP contribution >= 0.6 is 0 Å². The zero-order valence-electron chi connectivity index (χ0n) is 11.6. The number of hydrogen-bond donors (Lipinski definition) is 1. The van der Waals surface area contributed by atoms with Crippen LogP contribution in [0.5, 0.6) is 11.5 Å². The van der Waals surface area contributed by atoms with Gasteiger partial charge in [0.1, 0.15) is 18.3 Å². The van der Waals surface area contributed by atoms with Crippen LogP contribution in [-0.2, 0) is 11.2 Å². The molecular formula is C15H21NO3. The Kier molecular flexibility index (Phi) is 3.37. The minimum absolute atomic E-state index is 0.124. The first-order valence-corrected chi connectivity index (χ1v) is 6.90. The number of rotatable bonds is 3. The predicted octanol–water partition coefficient (Wildman–Crippen LogP) is 1.77. The van der Waals surface area contributed by atoms with Gasteiger partial charge in [-0.2, -0.15) is 0 Å². The maximum atomic E-state index is 5.98. The Morgan fingerprint density at radius 3 is 3.11 bits per heavy atom. The fourth-order valence-electron chi connectivity index (χ4n) is 2.61. The van der Waals surface area contributed by atoms with Crippen molar-refractivity contribution in [3.8, 4) is 11.5 Å². The molecule has 2 heterocycles. The molecule has 104 valence electrons. The van der Waals surface area contributed by atoms with Gasteiger partial charge in [0.15, 0.2) is 11.5 Å². The van der Waals surface area contributed by atoms with E-state index in [0.717, 1.165) is 37.6 Å². The molecule has 1 aromatic carbocycles. The van der Waals surface area contributed by atoms with E-state index in [4.69, 9.17) is 14.2 Å². The Labute approximate surface area is 114 Å². The van der Waals surface area contributed by atoms with Crippen LogP contribution in [0.2, 0.25) is 0 Å². The second-order valence-electron chi connectivity index (χ2n) is 5.79. The van der Waals surface area contributed by atoms with Gasteiger partial charge in [-0.05, 0) is 19.9 Å². The van der Waals surface area contributed by atoms with Crippen molar-refractivity contribution in [1.29, 1.82) is 0 Å². The van der Waals surface area contributed by atoms with Gasteiger partial charge in [-0.1, -0.05) is 12.1 Å². The van der Waals surface area contributed by atoms with Crippen LogP contribution in [0.1, 0.15) is 19.4 Å². The fourth-order valence-corrected chi connectivity index (χ4v) is 2.61. The molecule has 4 heteroatoms.